The SMILES string of the molecule is CC(NC(=O)c1ccoc1Br)c1ccc(Cl)s1. The summed E-state index contributed by atoms with van der Waals surface area (Å²) in [6.07, 6.45) is 1.46. The molecule has 0 bridgehead atoms. The maximum atomic E-state index is 11.9. The number of halogens is 2. The zero-order chi connectivity index (χ0) is 12.4. The predicted octanol–water partition coefficient (Wildman–Crippen LogP) is 4.25. The standard InChI is InChI=1S/C11H9BrClNO2S/c1-6(8-2-3-9(13)17-8)14-11(15)7-4-5-16-10(7)12/h2-6H,1H3,(H,14,15). The molecule has 3 nitrogen and oxygen atoms in total. The molecule has 0 radical (unpaired) electrons. The van der Waals surface area contributed by atoms with Crippen LogP contribution in [0.2, 0.25) is 4.34 Å². The van der Waals surface area contributed by atoms with Crippen molar-refractivity contribution in [1.82, 2.24) is 5.32 Å². The van der Waals surface area contributed by atoms with E-state index in [1.807, 2.05) is 19.1 Å². The Morgan fingerprint density at radius 3 is 2.82 bits per heavy atom. The molecular weight excluding hydrogens is 326 g/mol. The Hall–Kier alpha value is -0.780. The van der Waals surface area contributed by atoms with Crippen LogP contribution in [0.5, 0.6) is 0 Å². The van der Waals surface area contributed by atoms with Gasteiger partial charge >= 0.3 is 0 Å². The van der Waals surface area contributed by atoms with Gasteiger partial charge in [0.15, 0.2) is 4.67 Å². The number of hydrogen-bond donors (Lipinski definition) is 1. The van der Waals surface area contributed by atoms with E-state index < -0.39 is 0 Å². The van der Waals surface area contributed by atoms with Crippen LogP contribution in [-0.4, -0.2) is 5.91 Å². The van der Waals surface area contributed by atoms with Gasteiger partial charge in [-0.3, -0.25) is 4.79 Å². The summed E-state index contributed by atoms with van der Waals surface area (Å²) < 4.78 is 6.16. The van der Waals surface area contributed by atoms with Gasteiger partial charge in [0.05, 0.1) is 22.2 Å². The third kappa shape index (κ3) is 2.91. The Labute approximate surface area is 116 Å². The summed E-state index contributed by atoms with van der Waals surface area (Å²) in [6, 6.07) is 5.26. The van der Waals surface area contributed by atoms with Crippen molar-refractivity contribution in [2.24, 2.45) is 0 Å². The fraction of sp³-hybridized carbons (Fsp3) is 0.182. The Balaban J connectivity index is 2.07. The van der Waals surface area contributed by atoms with E-state index in [-0.39, 0.29) is 11.9 Å². The molecule has 0 fully saturated rings. The van der Waals surface area contributed by atoms with Gasteiger partial charge in [0.2, 0.25) is 0 Å². The minimum absolute atomic E-state index is 0.0817. The molecule has 1 atom stereocenters. The minimum Gasteiger partial charge on any atom is -0.457 e. The fourth-order valence-electron chi connectivity index (χ4n) is 1.36. The first-order valence-electron chi connectivity index (χ1n) is 4.87. The smallest absolute Gasteiger partial charge is 0.256 e. The minimum atomic E-state index is -0.178. The lowest BCUT2D eigenvalue weighted by atomic mass is 10.2. The summed E-state index contributed by atoms with van der Waals surface area (Å²) in [5, 5.41) is 2.88. The van der Waals surface area contributed by atoms with Gasteiger partial charge in [-0.15, -0.1) is 11.3 Å². The van der Waals surface area contributed by atoms with Crippen LogP contribution in [0.4, 0.5) is 0 Å². The van der Waals surface area contributed by atoms with Crippen molar-refractivity contribution in [3.63, 3.8) is 0 Å². The summed E-state index contributed by atoms with van der Waals surface area (Å²) in [4.78, 5) is 12.9. The topological polar surface area (TPSA) is 42.2 Å². The zero-order valence-electron chi connectivity index (χ0n) is 8.87. The summed E-state index contributed by atoms with van der Waals surface area (Å²) in [5.74, 6) is -0.178. The largest absolute Gasteiger partial charge is 0.457 e. The first-order chi connectivity index (χ1) is 8.08. The molecule has 90 valence electrons. The average Bonchev–Trinajstić information content (AvgIpc) is 2.86. The van der Waals surface area contributed by atoms with Crippen molar-refractivity contribution in [1.29, 1.82) is 0 Å². The van der Waals surface area contributed by atoms with Crippen LogP contribution in [0.1, 0.15) is 28.2 Å². The monoisotopic (exact) mass is 333 g/mol. The summed E-state index contributed by atoms with van der Waals surface area (Å²) in [6.45, 7) is 1.91. The molecule has 1 N–H and O–H groups in total. The summed E-state index contributed by atoms with van der Waals surface area (Å²) in [7, 11) is 0. The molecule has 2 aromatic heterocycles. The summed E-state index contributed by atoms with van der Waals surface area (Å²) in [5.41, 5.74) is 0.486. The van der Waals surface area contributed by atoms with Gasteiger partial charge in [0, 0.05) is 4.88 Å². The molecule has 2 heterocycles. The van der Waals surface area contributed by atoms with Crippen molar-refractivity contribution in [3.8, 4) is 0 Å². The lowest BCUT2D eigenvalue weighted by Gasteiger charge is -2.11. The van der Waals surface area contributed by atoms with Gasteiger partial charge in [-0.2, -0.15) is 0 Å². The number of hydrogen-bond acceptors (Lipinski definition) is 3. The second-order valence-electron chi connectivity index (χ2n) is 3.45. The Kier molecular flexibility index (Phi) is 3.91. The number of amides is 1. The van der Waals surface area contributed by atoms with E-state index in [1.165, 1.54) is 17.6 Å². The lowest BCUT2D eigenvalue weighted by molar-refractivity contribution is 0.0939. The second-order valence-corrected chi connectivity index (χ2v) is 5.91. The van der Waals surface area contributed by atoms with E-state index >= 15 is 0 Å². The van der Waals surface area contributed by atoms with E-state index in [0.29, 0.717) is 14.6 Å². The molecule has 1 amide bonds. The molecule has 2 rings (SSSR count). The van der Waals surface area contributed by atoms with Gasteiger partial charge in [0.25, 0.3) is 5.91 Å². The maximum absolute atomic E-state index is 11.9. The first kappa shape index (κ1) is 12.7. The van der Waals surface area contributed by atoms with E-state index in [2.05, 4.69) is 21.2 Å². The Morgan fingerprint density at radius 2 is 2.29 bits per heavy atom. The molecule has 0 saturated heterocycles. The van der Waals surface area contributed by atoms with Crippen LogP contribution in [-0.2, 0) is 0 Å². The molecule has 0 aliphatic heterocycles. The van der Waals surface area contributed by atoms with Crippen LogP contribution in [0.3, 0.4) is 0 Å². The van der Waals surface area contributed by atoms with Crippen LogP contribution >= 0.6 is 38.9 Å². The predicted molar refractivity (Wildman–Crippen MR) is 71.6 cm³/mol. The van der Waals surface area contributed by atoms with Crippen molar-refractivity contribution in [3.05, 3.63) is 43.9 Å². The van der Waals surface area contributed by atoms with Gasteiger partial charge in [-0.05, 0) is 41.1 Å². The van der Waals surface area contributed by atoms with Crippen molar-refractivity contribution < 1.29 is 9.21 Å². The number of carbonyl (C=O) groups is 1. The highest BCUT2D eigenvalue weighted by Gasteiger charge is 2.16. The van der Waals surface area contributed by atoms with Gasteiger partial charge in [-0.1, -0.05) is 11.6 Å². The van der Waals surface area contributed by atoms with Gasteiger partial charge in [-0.25, -0.2) is 0 Å². The quantitative estimate of drug-likeness (QED) is 0.912. The van der Waals surface area contributed by atoms with E-state index in [1.54, 1.807) is 6.07 Å². The zero-order valence-corrected chi connectivity index (χ0v) is 12.0. The molecule has 6 heteroatoms. The second kappa shape index (κ2) is 5.25. The summed E-state index contributed by atoms with van der Waals surface area (Å²) >= 11 is 10.5. The molecule has 0 aliphatic rings. The average molecular weight is 335 g/mol. The molecular formula is C11H9BrClNO2S. The molecule has 17 heavy (non-hydrogen) atoms. The van der Waals surface area contributed by atoms with Gasteiger partial charge in [0.1, 0.15) is 0 Å². The number of carbonyl (C=O) groups excluding carboxylic acids is 1. The number of nitrogens with one attached hydrogen (secondary N) is 1. The van der Waals surface area contributed by atoms with E-state index in [4.69, 9.17) is 16.0 Å². The molecule has 0 saturated carbocycles. The van der Waals surface area contributed by atoms with Crippen molar-refractivity contribution in [2.75, 3.05) is 0 Å². The molecule has 0 aromatic carbocycles. The van der Waals surface area contributed by atoms with E-state index in [0.717, 1.165) is 4.88 Å². The third-order valence-electron chi connectivity index (χ3n) is 2.23. The van der Waals surface area contributed by atoms with Crippen molar-refractivity contribution in [2.45, 2.75) is 13.0 Å². The number of thiophene rings is 1. The van der Waals surface area contributed by atoms with Crippen molar-refractivity contribution >= 4 is 44.8 Å². The Morgan fingerprint density at radius 1 is 1.53 bits per heavy atom. The molecule has 0 aliphatic carbocycles. The highest BCUT2D eigenvalue weighted by Crippen LogP contribution is 2.27. The normalized spacial score (nSPS) is 12.4. The highest BCUT2D eigenvalue weighted by atomic mass is 79.9. The third-order valence-corrected chi connectivity index (χ3v) is 4.26. The lowest BCUT2D eigenvalue weighted by Crippen LogP contribution is -2.25. The highest BCUT2D eigenvalue weighted by molar-refractivity contribution is 9.10. The fourth-order valence-corrected chi connectivity index (χ4v) is 2.85. The van der Waals surface area contributed by atoms with Gasteiger partial charge < -0.3 is 9.73 Å². The first-order valence-corrected chi connectivity index (χ1v) is 6.86. The van der Waals surface area contributed by atoms with Crippen LogP contribution in [0, 0.1) is 0 Å². The maximum Gasteiger partial charge on any atom is 0.256 e. The number of furan rings is 1. The van der Waals surface area contributed by atoms with E-state index in [9.17, 15) is 4.79 Å². The molecule has 1 unspecified atom stereocenters. The molecule has 0 spiro atoms. The van der Waals surface area contributed by atoms with Crippen LogP contribution in [0.25, 0.3) is 0 Å². The molecule has 2 aromatic rings. The Bertz CT molecular complexity index is 537. The van der Waals surface area contributed by atoms with Crippen LogP contribution in [0.15, 0.2) is 33.5 Å². The van der Waals surface area contributed by atoms with Crippen LogP contribution < -0.4 is 5.32 Å². The number of rotatable bonds is 3.